The number of thioether (sulfide) groups is 2. The lowest BCUT2D eigenvalue weighted by Crippen LogP contribution is -2.10. The van der Waals surface area contributed by atoms with Gasteiger partial charge in [0.15, 0.2) is 0 Å². The van der Waals surface area contributed by atoms with Crippen molar-refractivity contribution < 1.29 is 0 Å². The molecular weight excluding hydrogens is 256 g/mol. The molecule has 1 aromatic rings. The van der Waals surface area contributed by atoms with Crippen LogP contribution < -0.4 is 0 Å². The van der Waals surface area contributed by atoms with E-state index in [1.807, 2.05) is 11.8 Å². The fourth-order valence-corrected chi connectivity index (χ4v) is 3.82. The van der Waals surface area contributed by atoms with Crippen LogP contribution in [0, 0.1) is 0 Å². The molecule has 0 atom stereocenters. The zero-order chi connectivity index (χ0) is 13.4. The zero-order valence-corrected chi connectivity index (χ0v) is 13.8. The van der Waals surface area contributed by atoms with Gasteiger partial charge in [-0.05, 0) is 28.7 Å². The predicted molar refractivity (Wildman–Crippen MR) is 88.7 cm³/mol. The van der Waals surface area contributed by atoms with Crippen LogP contribution in [0.1, 0.15) is 51.7 Å². The number of unbranched alkanes of at least 4 members (excludes halogenated alkanes) is 1. The van der Waals surface area contributed by atoms with Gasteiger partial charge in [0, 0.05) is 10.8 Å². The highest BCUT2D eigenvalue weighted by atomic mass is 32.2. The molecule has 0 saturated carbocycles. The van der Waals surface area contributed by atoms with Crippen molar-refractivity contribution in [3.05, 3.63) is 35.4 Å². The summed E-state index contributed by atoms with van der Waals surface area (Å²) in [6.07, 6.45) is 2.66. The van der Waals surface area contributed by atoms with E-state index in [9.17, 15) is 0 Å². The average molecular weight is 283 g/mol. The van der Waals surface area contributed by atoms with Crippen LogP contribution >= 0.6 is 23.5 Å². The number of hydrogen-bond donors (Lipinski definition) is 0. The van der Waals surface area contributed by atoms with Gasteiger partial charge in [0.05, 0.1) is 0 Å². The summed E-state index contributed by atoms with van der Waals surface area (Å²) in [5, 5.41) is 1.22. The van der Waals surface area contributed by atoms with Gasteiger partial charge in [0.2, 0.25) is 0 Å². The van der Waals surface area contributed by atoms with E-state index < -0.39 is 0 Å². The Morgan fingerprint density at radius 1 is 1.00 bits per heavy atom. The van der Waals surface area contributed by atoms with Crippen molar-refractivity contribution in [1.82, 2.24) is 0 Å². The summed E-state index contributed by atoms with van der Waals surface area (Å²) in [5.74, 6) is 2.45. The molecular formula is C16H26S2. The van der Waals surface area contributed by atoms with Crippen LogP contribution in [0.3, 0.4) is 0 Å². The number of benzene rings is 1. The van der Waals surface area contributed by atoms with Crippen molar-refractivity contribution in [2.75, 3.05) is 10.8 Å². The van der Waals surface area contributed by atoms with Crippen LogP contribution in [-0.4, -0.2) is 10.8 Å². The highest BCUT2D eigenvalue weighted by Crippen LogP contribution is 2.24. The van der Waals surface area contributed by atoms with Gasteiger partial charge in [0.25, 0.3) is 0 Å². The van der Waals surface area contributed by atoms with Gasteiger partial charge in [-0.2, -0.15) is 11.8 Å². The molecule has 0 bridgehead atoms. The van der Waals surface area contributed by atoms with Crippen molar-refractivity contribution >= 4 is 23.5 Å². The van der Waals surface area contributed by atoms with E-state index in [4.69, 9.17) is 0 Å². The number of rotatable bonds is 7. The molecule has 0 aliphatic heterocycles. The summed E-state index contributed by atoms with van der Waals surface area (Å²) >= 11 is 4.10. The maximum absolute atomic E-state index is 2.28. The van der Waals surface area contributed by atoms with Crippen molar-refractivity contribution in [3.8, 4) is 0 Å². The van der Waals surface area contributed by atoms with E-state index in [0.717, 1.165) is 5.75 Å². The molecule has 0 nitrogen and oxygen atoms in total. The molecule has 0 radical (unpaired) electrons. The fourth-order valence-electron chi connectivity index (χ4n) is 1.62. The Labute approximate surface area is 121 Å². The second-order valence-electron chi connectivity index (χ2n) is 5.68. The first-order valence-corrected chi connectivity index (χ1v) is 9.10. The Hall–Kier alpha value is -0.0800. The summed E-state index contributed by atoms with van der Waals surface area (Å²) in [5.41, 5.74) is 3.14. The molecule has 0 aromatic heterocycles. The van der Waals surface area contributed by atoms with Gasteiger partial charge in [-0.1, -0.05) is 58.4 Å². The summed E-state index contributed by atoms with van der Waals surface area (Å²) < 4.78 is 0. The minimum absolute atomic E-state index is 0.266. The average Bonchev–Trinajstić information content (AvgIpc) is 2.33. The molecule has 18 heavy (non-hydrogen) atoms. The van der Waals surface area contributed by atoms with E-state index >= 15 is 0 Å². The molecule has 0 aliphatic carbocycles. The normalized spacial score (nSPS) is 11.8. The molecule has 0 fully saturated rings. The first-order valence-electron chi connectivity index (χ1n) is 6.79. The second-order valence-corrected chi connectivity index (χ2v) is 8.13. The van der Waals surface area contributed by atoms with E-state index in [0.29, 0.717) is 0 Å². The van der Waals surface area contributed by atoms with Gasteiger partial charge < -0.3 is 0 Å². The van der Waals surface area contributed by atoms with E-state index in [1.165, 1.54) is 34.8 Å². The minimum atomic E-state index is 0.266. The lowest BCUT2D eigenvalue weighted by molar-refractivity contribution is 0.590. The van der Waals surface area contributed by atoms with Crippen LogP contribution in [-0.2, 0) is 11.2 Å². The molecule has 102 valence electrons. The smallest absolute Gasteiger partial charge is 0.0395 e. The van der Waals surface area contributed by atoms with E-state index in [-0.39, 0.29) is 5.41 Å². The van der Waals surface area contributed by atoms with E-state index in [1.54, 1.807) is 0 Å². The molecule has 0 heterocycles. The quantitative estimate of drug-likeness (QED) is 0.464. The molecule has 0 spiro atoms. The first kappa shape index (κ1) is 16.0. The van der Waals surface area contributed by atoms with Gasteiger partial charge in [0.1, 0.15) is 0 Å². The Morgan fingerprint density at radius 2 is 1.67 bits per heavy atom. The Balaban J connectivity index is 2.27. The summed E-state index contributed by atoms with van der Waals surface area (Å²) in [6.45, 7) is 9.05. The van der Waals surface area contributed by atoms with Gasteiger partial charge >= 0.3 is 0 Å². The van der Waals surface area contributed by atoms with Crippen molar-refractivity contribution in [2.24, 2.45) is 0 Å². The monoisotopic (exact) mass is 282 g/mol. The Morgan fingerprint density at radius 3 is 2.22 bits per heavy atom. The topological polar surface area (TPSA) is 0 Å². The maximum atomic E-state index is 2.28. The zero-order valence-electron chi connectivity index (χ0n) is 12.2. The molecule has 0 saturated heterocycles. The summed E-state index contributed by atoms with van der Waals surface area (Å²) in [7, 11) is 0. The predicted octanol–water partition coefficient (Wildman–Crippen LogP) is 5.71. The molecule has 1 rings (SSSR count). The Bertz CT molecular complexity index is 322. The van der Waals surface area contributed by atoms with Crippen molar-refractivity contribution in [2.45, 2.75) is 51.7 Å². The van der Waals surface area contributed by atoms with Gasteiger partial charge in [-0.3, -0.25) is 0 Å². The van der Waals surface area contributed by atoms with Crippen molar-refractivity contribution in [3.63, 3.8) is 0 Å². The lowest BCUT2D eigenvalue weighted by atomic mass is 9.87. The molecule has 0 N–H and O–H groups in total. The van der Waals surface area contributed by atoms with Gasteiger partial charge in [-0.25, -0.2) is 0 Å². The lowest BCUT2D eigenvalue weighted by Gasteiger charge is -2.19. The fraction of sp³-hybridized carbons (Fsp3) is 0.625. The molecule has 0 amide bonds. The summed E-state index contributed by atoms with van der Waals surface area (Å²) in [6, 6.07) is 9.12. The van der Waals surface area contributed by atoms with Crippen LogP contribution in [0.15, 0.2) is 24.3 Å². The molecule has 0 aliphatic rings. The molecule has 1 aromatic carbocycles. The SMILES string of the molecule is CCCCSCSCc1ccc(C(C)(C)C)cc1. The third kappa shape index (κ3) is 6.19. The third-order valence-corrected chi connectivity index (χ3v) is 5.35. The molecule has 2 heteroatoms. The highest BCUT2D eigenvalue weighted by Gasteiger charge is 2.12. The molecule has 0 unspecified atom stereocenters. The largest absolute Gasteiger partial charge is 0.151 e. The minimum Gasteiger partial charge on any atom is -0.151 e. The van der Waals surface area contributed by atoms with Crippen LogP contribution in [0.4, 0.5) is 0 Å². The van der Waals surface area contributed by atoms with Crippen LogP contribution in [0.2, 0.25) is 0 Å². The van der Waals surface area contributed by atoms with Crippen LogP contribution in [0.25, 0.3) is 0 Å². The summed E-state index contributed by atoms with van der Waals surface area (Å²) in [4.78, 5) is 0. The first-order chi connectivity index (χ1) is 8.54. The standard InChI is InChI=1S/C16H26S2/c1-5-6-11-17-13-18-12-14-7-9-15(10-8-14)16(2,3)4/h7-10H,5-6,11-13H2,1-4H3. The maximum Gasteiger partial charge on any atom is 0.0395 e. The highest BCUT2D eigenvalue weighted by molar-refractivity contribution is 8.15. The van der Waals surface area contributed by atoms with Crippen LogP contribution in [0.5, 0.6) is 0 Å². The van der Waals surface area contributed by atoms with Gasteiger partial charge in [-0.15, -0.1) is 11.8 Å². The second kappa shape index (κ2) is 8.16. The van der Waals surface area contributed by atoms with E-state index in [2.05, 4.69) is 63.7 Å². The number of hydrogen-bond acceptors (Lipinski definition) is 2. The Kier molecular flexibility index (Phi) is 7.25. The third-order valence-electron chi connectivity index (χ3n) is 2.90. The van der Waals surface area contributed by atoms with Crippen molar-refractivity contribution in [1.29, 1.82) is 0 Å².